The fraction of sp³-hybridized carbons (Fsp3) is 0.545. The molecule has 7 heteroatoms. The fourth-order valence-corrected chi connectivity index (χ4v) is 3.70. The minimum Gasteiger partial charge on any atom is -0.444 e. The molecule has 1 aromatic heterocycles. The van der Waals surface area contributed by atoms with E-state index >= 15 is 0 Å². The van der Waals surface area contributed by atoms with Gasteiger partial charge in [0.25, 0.3) is 0 Å². The molecular weight excluding hydrogens is 368 g/mol. The zero-order chi connectivity index (χ0) is 20.9. The van der Waals surface area contributed by atoms with E-state index in [1.807, 2.05) is 45.2 Å². The topological polar surface area (TPSA) is 77.9 Å². The van der Waals surface area contributed by atoms with Gasteiger partial charge in [-0.05, 0) is 38.6 Å². The third-order valence-electron chi connectivity index (χ3n) is 5.06. The molecule has 0 bridgehead atoms. The summed E-state index contributed by atoms with van der Waals surface area (Å²) in [4.78, 5) is 20.9. The van der Waals surface area contributed by atoms with Crippen LogP contribution in [-0.2, 0) is 4.74 Å². The van der Waals surface area contributed by atoms with Crippen LogP contribution in [0.15, 0.2) is 36.5 Å². The lowest BCUT2D eigenvalue weighted by molar-refractivity contribution is 0.0522. The van der Waals surface area contributed by atoms with E-state index in [1.165, 1.54) is 5.39 Å². The van der Waals surface area contributed by atoms with Crippen molar-refractivity contribution in [1.29, 1.82) is 0 Å². The third-order valence-corrected chi connectivity index (χ3v) is 5.06. The summed E-state index contributed by atoms with van der Waals surface area (Å²) >= 11 is 0. The van der Waals surface area contributed by atoms with Crippen molar-refractivity contribution in [3.05, 3.63) is 36.5 Å². The molecular formula is C22H32N4O3. The SMILES string of the molecule is CC(C)(C)OC(=O)NCCCN1CCN(c2nccc3ccccc23)CC1CO. The molecule has 0 aliphatic carbocycles. The Bertz CT molecular complexity index is 816. The monoisotopic (exact) mass is 400 g/mol. The lowest BCUT2D eigenvalue weighted by Gasteiger charge is -2.41. The van der Waals surface area contributed by atoms with Gasteiger partial charge in [-0.25, -0.2) is 9.78 Å². The molecule has 0 radical (unpaired) electrons. The minimum atomic E-state index is -0.488. The number of amides is 1. The third kappa shape index (κ3) is 5.81. The Morgan fingerprint density at radius 1 is 1.28 bits per heavy atom. The van der Waals surface area contributed by atoms with Gasteiger partial charge < -0.3 is 20.1 Å². The quantitative estimate of drug-likeness (QED) is 0.726. The van der Waals surface area contributed by atoms with Crippen LogP contribution >= 0.6 is 0 Å². The maximum Gasteiger partial charge on any atom is 0.407 e. The van der Waals surface area contributed by atoms with Gasteiger partial charge in [-0.15, -0.1) is 0 Å². The molecule has 2 N–H and O–H groups in total. The number of aromatic nitrogens is 1. The van der Waals surface area contributed by atoms with E-state index in [0.717, 1.165) is 43.8 Å². The summed E-state index contributed by atoms with van der Waals surface area (Å²) in [5, 5.41) is 15.0. The van der Waals surface area contributed by atoms with Crippen LogP contribution in [0.5, 0.6) is 0 Å². The molecule has 1 amide bonds. The average molecular weight is 401 g/mol. The molecule has 1 fully saturated rings. The second-order valence-electron chi connectivity index (χ2n) is 8.46. The zero-order valence-electron chi connectivity index (χ0n) is 17.6. The van der Waals surface area contributed by atoms with Crippen LogP contribution in [0.1, 0.15) is 27.2 Å². The Morgan fingerprint density at radius 3 is 2.83 bits per heavy atom. The van der Waals surface area contributed by atoms with Crippen molar-refractivity contribution in [1.82, 2.24) is 15.2 Å². The van der Waals surface area contributed by atoms with Gasteiger partial charge in [0.15, 0.2) is 0 Å². The van der Waals surface area contributed by atoms with Crippen molar-refractivity contribution in [2.75, 3.05) is 44.2 Å². The Hall–Kier alpha value is -2.38. The predicted molar refractivity (Wildman–Crippen MR) is 115 cm³/mol. The molecule has 2 aromatic rings. The van der Waals surface area contributed by atoms with Gasteiger partial charge in [0, 0.05) is 44.3 Å². The van der Waals surface area contributed by atoms with Crippen LogP contribution in [0.25, 0.3) is 10.8 Å². The van der Waals surface area contributed by atoms with Crippen LogP contribution < -0.4 is 10.2 Å². The Labute approximate surface area is 172 Å². The van der Waals surface area contributed by atoms with Gasteiger partial charge in [0.1, 0.15) is 11.4 Å². The number of rotatable bonds is 6. The highest BCUT2D eigenvalue weighted by Gasteiger charge is 2.27. The van der Waals surface area contributed by atoms with Crippen molar-refractivity contribution in [3.8, 4) is 0 Å². The number of pyridine rings is 1. The Balaban J connectivity index is 1.53. The lowest BCUT2D eigenvalue weighted by Crippen LogP contribution is -2.55. The second kappa shape index (κ2) is 9.41. The highest BCUT2D eigenvalue weighted by molar-refractivity contribution is 5.92. The van der Waals surface area contributed by atoms with Gasteiger partial charge in [-0.1, -0.05) is 24.3 Å². The van der Waals surface area contributed by atoms with E-state index in [4.69, 9.17) is 4.74 Å². The normalized spacial score (nSPS) is 18.1. The number of aliphatic hydroxyl groups excluding tert-OH is 1. The molecule has 0 spiro atoms. The first-order valence-corrected chi connectivity index (χ1v) is 10.3. The van der Waals surface area contributed by atoms with Gasteiger partial charge in [-0.2, -0.15) is 0 Å². The molecule has 1 saturated heterocycles. The number of hydrogen-bond acceptors (Lipinski definition) is 6. The van der Waals surface area contributed by atoms with Crippen molar-refractivity contribution in [3.63, 3.8) is 0 Å². The number of alkyl carbamates (subject to hydrolysis) is 1. The van der Waals surface area contributed by atoms with E-state index in [0.29, 0.717) is 6.54 Å². The van der Waals surface area contributed by atoms with Crippen LogP contribution in [0.4, 0.5) is 10.6 Å². The van der Waals surface area contributed by atoms with Crippen molar-refractivity contribution in [2.24, 2.45) is 0 Å². The standard InChI is InChI=1S/C22H32N4O3/c1-22(2,3)29-21(28)24-10-6-12-25-13-14-26(15-18(25)16-27)20-19-8-5-4-7-17(19)9-11-23-20/h4-5,7-9,11,18,27H,6,10,12-16H2,1-3H3,(H,24,28). The number of nitrogens with zero attached hydrogens (tertiary/aromatic N) is 3. The van der Waals surface area contributed by atoms with E-state index in [9.17, 15) is 9.90 Å². The molecule has 2 heterocycles. The van der Waals surface area contributed by atoms with Gasteiger partial charge in [0.05, 0.1) is 12.6 Å². The number of fused-ring (bicyclic) bond motifs is 1. The maximum atomic E-state index is 11.7. The van der Waals surface area contributed by atoms with Crippen LogP contribution in [0.3, 0.4) is 0 Å². The molecule has 29 heavy (non-hydrogen) atoms. The number of ether oxygens (including phenoxy) is 1. The van der Waals surface area contributed by atoms with Crippen molar-refractivity contribution in [2.45, 2.75) is 38.8 Å². The van der Waals surface area contributed by atoms with E-state index in [1.54, 1.807) is 0 Å². The first-order valence-electron chi connectivity index (χ1n) is 10.3. The maximum absolute atomic E-state index is 11.7. The smallest absolute Gasteiger partial charge is 0.407 e. The van der Waals surface area contributed by atoms with Crippen LogP contribution in [0, 0.1) is 0 Å². The second-order valence-corrected chi connectivity index (χ2v) is 8.46. The molecule has 0 saturated carbocycles. The van der Waals surface area contributed by atoms with E-state index in [2.05, 4.69) is 32.2 Å². The van der Waals surface area contributed by atoms with Gasteiger partial charge >= 0.3 is 6.09 Å². The summed E-state index contributed by atoms with van der Waals surface area (Å²) in [6, 6.07) is 10.3. The predicted octanol–water partition coefficient (Wildman–Crippen LogP) is 2.63. The number of benzene rings is 1. The van der Waals surface area contributed by atoms with Crippen LogP contribution in [0.2, 0.25) is 0 Å². The Kier molecular flexibility index (Phi) is 6.92. The molecule has 1 aromatic carbocycles. The summed E-state index contributed by atoms with van der Waals surface area (Å²) in [7, 11) is 0. The van der Waals surface area contributed by atoms with E-state index < -0.39 is 5.60 Å². The lowest BCUT2D eigenvalue weighted by atomic mass is 10.1. The summed E-state index contributed by atoms with van der Waals surface area (Å²) in [6.45, 7) is 9.46. The molecule has 1 aliphatic heterocycles. The summed E-state index contributed by atoms with van der Waals surface area (Å²) in [6.07, 6.45) is 2.27. The molecule has 1 atom stereocenters. The van der Waals surface area contributed by atoms with Crippen molar-refractivity contribution < 1.29 is 14.6 Å². The summed E-state index contributed by atoms with van der Waals surface area (Å²) in [5.41, 5.74) is -0.488. The number of aliphatic hydroxyl groups is 1. The summed E-state index contributed by atoms with van der Waals surface area (Å²) < 4.78 is 5.25. The first-order chi connectivity index (χ1) is 13.9. The number of carbonyl (C=O) groups is 1. The largest absolute Gasteiger partial charge is 0.444 e. The van der Waals surface area contributed by atoms with Gasteiger partial charge in [0.2, 0.25) is 0 Å². The van der Waals surface area contributed by atoms with Crippen molar-refractivity contribution >= 4 is 22.7 Å². The average Bonchev–Trinajstić information content (AvgIpc) is 2.69. The molecule has 3 rings (SSSR count). The fourth-order valence-electron chi connectivity index (χ4n) is 3.70. The molecule has 7 nitrogen and oxygen atoms in total. The van der Waals surface area contributed by atoms with E-state index in [-0.39, 0.29) is 18.7 Å². The number of piperazine rings is 1. The highest BCUT2D eigenvalue weighted by Crippen LogP contribution is 2.26. The minimum absolute atomic E-state index is 0.0473. The first kappa shape index (κ1) is 21.3. The molecule has 1 unspecified atom stereocenters. The number of hydrogen-bond donors (Lipinski definition) is 2. The number of carbonyl (C=O) groups excluding carboxylic acids is 1. The zero-order valence-corrected chi connectivity index (χ0v) is 17.6. The highest BCUT2D eigenvalue weighted by atomic mass is 16.6. The summed E-state index contributed by atoms with van der Waals surface area (Å²) in [5.74, 6) is 0.979. The Morgan fingerprint density at radius 2 is 2.07 bits per heavy atom. The molecule has 158 valence electrons. The number of anilines is 1. The van der Waals surface area contributed by atoms with Crippen LogP contribution in [-0.4, -0.2) is 72.1 Å². The number of nitrogens with one attached hydrogen (secondary N) is 1. The molecule has 1 aliphatic rings. The van der Waals surface area contributed by atoms with Gasteiger partial charge in [-0.3, -0.25) is 4.90 Å².